The molecule has 0 aliphatic heterocycles. The lowest BCUT2D eigenvalue weighted by Crippen LogP contribution is -2.13. The molecule has 0 atom stereocenters. The van der Waals surface area contributed by atoms with Crippen molar-refractivity contribution >= 4 is 27.3 Å². The van der Waals surface area contributed by atoms with Gasteiger partial charge in [-0.25, -0.2) is 8.42 Å². The number of benzene rings is 2. The molecule has 2 N–H and O–H groups in total. The first-order chi connectivity index (χ1) is 10.3. The fraction of sp³-hybridized carbons (Fsp3) is 0.188. The van der Waals surface area contributed by atoms with Crippen LogP contribution in [0.3, 0.4) is 0 Å². The molecule has 0 saturated carbocycles. The summed E-state index contributed by atoms with van der Waals surface area (Å²) in [6.45, 7) is 5.29. The van der Waals surface area contributed by atoms with Crippen LogP contribution in [0.4, 0.5) is 11.4 Å². The van der Waals surface area contributed by atoms with E-state index >= 15 is 0 Å². The van der Waals surface area contributed by atoms with Crippen molar-refractivity contribution in [2.75, 3.05) is 10.0 Å². The molecule has 0 aromatic heterocycles. The maximum atomic E-state index is 12.3. The predicted molar refractivity (Wildman–Crippen MR) is 87.5 cm³/mol. The SMILES string of the molecule is CC(=O)Nc1ccc(S(=O)(=O)Nc2ccc(C)c(C)c2)cc1. The number of nitrogens with one attached hydrogen (secondary N) is 2. The Morgan fingerprint density at radius 1 is 0.909 bits per heavy atom. The summed E-state index contributed by atoms with van der Waals surface area (Å²) >= 11 is 0. The first kappa shape index (κ1) is 16.0. The highest BCUT2D eigenvalue weighted by molar-refractivity contribution is 7.92. The van der Waals surface area contributed by atoms with Crippen molar-refractivity contribution in [1.82, 2.24) is 0 Å². The van der Waals surface area contributed by atoms with Gasteiger partial charge < -0.3 is 5.32 Å². The summed E-state index contributed by atoms with van der Waals surface area (Å²) in [4.78, 5) is 11.1. The second-order valence-corrected chi connectivity index (χ2v) is 6.79. The number of sulfonamides is 1. The van der Waals surface area contributed by atoms with Crippen molar-refractivity contribution in [3.05, 3.63) is 53.6 Å². The number of amides is 1. The maximum absolute atomic E-state index is 12.3. The number of carbonyl (C=O) groups excluding carboxylic acids is 1. The van der Waals surface area contributed by atoms with Gasteiger partial charge in [0.2, 0.25) is 5.91 Å². The van der Waals surface area contributed by atoms with Crippen LogP contribution in [0.5, 0.6) is 0 Å². The van der Waals surface area contributed by atoms with Crippen molar-refractivity contribution in [3.8, 4) is 0 Å². The number of anilines is 2. The van der Waals surface area contributed by atoms with Crippen LogP contribution in [0, 0.1) is 13.8 Å². The lowest BCUT2D eigenvalue weighted by atomic mass is 10.1. The van der Waals surface area contributed by atoms with Gasteiger partial charge in [-0.2, -0.15) is 0 Å². The van der Waals surface area contributed by atoms with Crippen molar-refractivity contribution in [1.29, 1.82) is 0 Å². The van der Waals surface area contributed by atoms with E-state index in [0.29, 0.717) is 11.4 Å². The monoisotopic (exact) mass is 318 g/mol. The highest BCUT2D eigenvalue weighted by Gasteiger charge is 2.14. The molecule has 0 unspecified atom stereocenters. The second kappa shape index (κ2) is 6.19. The molecule has 0 aliphatic rings. The highest BCUT2D eigenvalue weighted by Crippen LogP contribution is 2.20. The second-order valence-electron chi connectivity index (χ2n) is 5.11. The zero-order valence-electron chi connectivity index (χ0n) is 12.7. The van der Waals surface area contributed by atoms with Gasteiger partial charge in [0.25, 0.3) is 10.0 Å². The third-order valence-corrected chi connectivity index (χ3v) is 4.64. The van der Waals surface area contributed by atoms with Crippen molar-refractivity contribution < 1.29 is 13.2 Å². The molecule has 6 heteroatoms. The smallest absolute Gasteiger partial charge is 0.261 e. The Kier molecular flexibility index (Phi) is 4.51. The largest absolute Gasteiger partial charge is 0.326 e. The maximum Gasteiger partial charge on any atom is 0.261 e. The number of hydrogen-bond donors (Lipinski definition) is 2. The summed E-state index contributed by atoms with van der Waals surface area (Å²) in [6.07, 6.45) is 0. The van der Waals surface area contributed by atoms with E-state index in [4.69, 9.17) is 0 Å². The Hall–Kier alpha value is -2.34. The summed E-state index contributed by atoms with van der Waals surface area (Å²) in [5.74, 6) is -0.205. The van der Waals surface area contributed by atoms with Crippen molar-refractivity contribution in [3.63, 3.8) is 0 Å². The van der Waals surface area contributed by atoms with Crippen LogP contribution in [0.2, 0.25) is 0 Å². The Labute approximate surface area is 130 Å². The Bertz CT molecular complexity index is 797. The molecule has 5 nitrogen and oxygen atoms in total. The molecule has 0 saturated heterocycles. The zero-order valence-corrected chi connectivity index (χ0v) is 13.5. The molecular weight excluding hydrogens is 300 g/mol. The Morgan fingerprint density at radius 2 is 1.50 bits per heavy atom. The van der Waals surface area contributed by atoms with E-state index in [-0.39, 0.29) is 10.8 Å². The average molecular weight is 318 g/mol. The van der Waals surface area contributed by atoms with Crippen LogP contribution < -0.4 is 10.0 Å². The third kappa shape index (κ3) is 3.85. The van der Waals surface area contributed by atoms with Gasteiger partial charge in [0.1, 0.15) is 0 Å². The molecule has 0 heterocycles. The summed E-state index contributed by atoms with van der Waals surface area (Å²) in [5.41, 5.74) is 3.19. The molecule has 0 fully saturated rings. The molecule has 22 heavy (non-hydrogen) atoms. The molecule has 0 bridgehead atoms. The van der Waals surface area contributed by atoms with Crippen molar-refractivity contribution in [2.45, 2.75) is 25.7 Å². The van der Waals surface area contributed by atoms with Crippen LogP contribution in [-0.2, 0) is 14.8 Å². The minimum Gasteiger partial charge on any atom is -0.326 e. The standard InChI is InChI=1S/C16H18N2O3S/c1-11-4-5-15(10-12(11)2)18-22(20,21)16-8-6-14(7-9-16)17-13(3)19/h4-10,18H,1-3H3,(H,17,19). The predicted octanol–water partition coefficient (Wildman–Crippen LogP) is 3.06. The van der Waals surface area contributed by atoms with Gasteiger partial charge in [0, 0.05) is 18.3 Å². The van der Waals surface area contributed by atoms with E-state index in [1.54, 1.807) is 24.3 Å². The Balaban J connectivity index is 2.22. The number of hydrogen-bond acceptors (Lipinski definition) is 3. The van der Waals surface area contributed by atoms with Gasteiger partial charge in [-0.15, -0.1) is 0 Å². The van der Waals surface area contributed by atoms with Gasteiger partial charge >= 0.3 is 0 Å². The van der Waals surface area contributed by atoms with Crippen LogP contribution in [0.1, 0.15) is 18.1 Å². The summed E-state index contributed by atoms with van der Waals surface area (Å²) in [5, 5.41) is 2.59. The van der Waals surface area contributed by atoms with E-state index < -0.39 is 10.0 Å². The highest BCUT2D eigenvalue weighted by atomic mass is 32.2. The molecule has 0 aliphatic carbocycles. The molecular formula is C16H18N2O3S. The number of rotatable bonds is 4. The number of carbonyl (C=O) groups is 1. The number of aryl methyl sites for hydroxylation is 2. The van der Waals surface area contributed by atoms with E-state index in [1.807, 2.05) is 19.9 Å². The molecule has 116 valence electrons. The van der Waals surface area contributed by atoms with Gasteiger partial charge in [-0.1, -0.05) is 6.07 Å². The van der Waals surface area contributed by atoms with Gasteiger partial charge in [-0.3, -0.25) is 9.52 Å². The van der Waals surface area contributed by atoms with E-state index in [0.717, 1.165) is 11.1 Å². The van der Waals surface area contributed by atoms with Crippen LogP contribution in [-0.4, -0.2) is 14.3 Å². The lowest BCUT2D eigenvalue weighted by molar-refractivity contribution is -0.114. The summed E-state index contributed by atoms with van der Waals surface area (Å²) in [7, 11) is -3.65. The summed E-state index contributed by atoms with van der Waals surface area (Å²) < 4.78 is 27.2. The minimum absolute atomic E-state index is 0.139. The third-order valence-electron chi connectivity index (χ3n) is 3.24. The zero-order chi connectivity index (χ0) is 16.3. The van der Waals surface area contributed by atoms with Crippen molar-refractivity contribution in [2.24, 2.45) is 0 Å². The van der Waals surface area contributed by atoms with E-state index in [9.17, 15) is 13.2 Å². The minimum atomic E-state index is -3.65. The van der Waals surface area contributed by atoms with Gasteiger partial charge in [0.05, 0.1) is 4.90 Å². The lowest BCUT2D eigenvalue weighted by Gasteiger charge is -2.10. The van der Waals surface area contributed by atoms with Gasteiger partial charge in [-0.05, 0) is 61.4 Å². The molecule has 0 spiro atoms. The van der Waals surface area contributed by atoms with Crippen LogP contribution in [0.15, 0.2) is 47.4 Å². The average Bonchev–Trinajstić information content (AvgIpc) is 2.42. The fourth-order valence-electron chi connectivity index (χ4n) is 1.94. The first-order valence-corrected chi connectivity index (χ1v) is 8.24. The summed E-state index contributed by atoms with van der Waals surface area (Å²) in [6, 6.07) is 11.4. The Morgan fingerprint density at radius 3 is 2.05 bits per heavy atom. The molecule has 2 aromatic rings. The molecule has 0 radical (unpaired) electrons. The van der Waals surface area contributed by atoms with E-state index in [1.165, 1.54) is 19.1 Å². The van der Waals surface area contributed by atoms with Crippen LogP contribution in [0.25, 0.3) is 0 Å². The first-order valence-electron chi connectivity index (χ1n) is 6.76. The molecule has 2 aromatic carbocycles. The topological polar surface area (TPSA) is 75.3 Å². The quantitative estimate of drug-likeness (QED) is 0.909. The fourth-order valence-corrected chi connectivity index (χ4v) is 2.99. The van der Waals surface area contributed by atoms with E-state index in [2.05, 4.69) is 10.0 Å². The molecule has 2 rings (SSSR count). The normalized spacial score (nSPS) is 11.0. The van der Waals surface area contributed by atoms with Crippen LogP contribution >= 0.6 is 0 Å². The van der Waals surface area contributed by atoms with Gasteiger partial charge in [0.15, 0.2) is 0 Å². The molecule has 1 amide bonds.